The third kappa shape index (κ3) is 4.82. The summed E-state index contributed by atoms with van der Waals surface area (Å²) in [7, 11) is 0. The van der Waals surface area contributed by atoms with Crippen molar-refractivity contribution in [1.82, 2.24) is 5.43 Å². The molecule has 0 saturated heterocycles. The molecule has 3 amide bonds. The number of esters is 1. The van der Waals surface area contributed by atoms with Gasteiger partial charge in [0.25, 0.3) is 5.91 Å². The Hall–Kier alpha value is -3.88. The van der Waals surface area contributed by atoms with Gasteiger partial charge in [0.1, 0.15) is 10.6 Å². The van der Waals surface area contributed by atoms with Gasteiger partial charge in [0, 0.05) is 16.0 Å². The zero-order valence-corrected chi connectivity index (χ0v) is 18.6. The molecule has 0 unspecified atom stereocenters. The molecule has 2 heterocycles. The van der Waals surface area contributed by atoms with Gasteiger partial charge in [0.05, 0.1) is 17.5 Å². The van der Waals surface area contributed by atoms with E-state index in [0.717, 1.165) is 36.1 Å². The Morgan fingerprint density at radius 2 is 1.97 bits per heavy atom. The lowest BCUT2D eigenvalue weighted by atomic mass is 9.95. The van der Waals surface area contributed by atoms with Crippen LogP contribution in [0.15, 0.2) is 39.9 Å². The number of carbonyl (C=O) groups excluding carboxylic acids is 4. The number of hydrazone groups is 1. The van der Waals surface area contributed by atoms with Gasteiger partial charge < -0.3 is 10.1 Å². The van der Waals surface area contributed by atoms with Gasteiger partial charge in [-0.1, -0.05) is 18.2 Å². The van der Waals surface area contributed by atoms with E-state index in [9.17, 15) is 19.2 Å². The first-order valence-corrected chi connectivity index (χ1v) is 11.2. The van der Waals surface area contributed by atoms with Gasteiger partial charge in [-0.15, -0.1) is 16.4 Å². The van der Waals surface area contributed by atoms with Crippen molar-refractivity contribution in [3.63, 3.8) is 0 Å². The summed E-state index contributed by atoms with van der Waals surface area (Å²) in [4.78, 5) is 54.1. The molecule has 0 spiro atoms. The Morgan fingerprint density at radius 3 is 2.79 bits per heavy atom. The second-order valence-corrected chi connectivity index (χ2v) is 8.39. The number of aryl methyl sites for hydroxylation is 1. The summed E-state index contributed by atoms with van der Waals surface area (Å²) in [6.45, 7) is 1.91. The molecule has 2 aliphatic rings. The minimum absolute atomic E-state index is 0.0462. The van der Waals surface area contributed by atoms with Crippen molar-refractivity contribution in [3.05, 3.63) is 56.4 Å². The number of carbonyl (C=O) groups is 4. The quantitative estimate of drug-likeness (QED) is 0.230. The number of ether oxygens (including phenoxy) is 1. The highest BCUT2D eigenvalue weighted by Crippen LogP contribution is 2.38. The van der Waals surface area contributed by atoms with E-state index in [0.29, 0.717) is 16.1 Å². The first-order valence-electron chi connectivity index (χ1n) is 10.4. The van der Waals surface area contributed by atoms with E-state index in [1.807, 2.05) is 5.43 Å². The van der Waals surface area contributed by atoms with Gasteiger partial charge in [-0.05, 0) is 50.3 Å². The number of thiophene rings is 1. The lowest BCUT2D eigenvalue weighted by molar-refractivity contribution is -0.136. The van der Waals surface area contributed by atoms with Crippen LogP contribution in [0, 0.1) is 0 Å². The van der Waals surface area contributed by atoms with E-state index in [2.05, 4.69) is 21.3 Å². The number of para-hydroxylation sites is 1. The molecule has 2 N–H and O–H groups in total. The van der Waals surface area contributed by atoms with Crippen LogP contribution in [0.25, 0.3) is 6.08 Å². The number of fused-ring (bicyclic) bond motifs is 2. The molecule has 168 valence electrons. The predicted octanol–water partition coefficient (Wildman–Crippen LogP) is 1.01. The molecule has 2 aromatic rings. The number of nitrogens with zero attached hydrogens (tertiary/aromatic N) is 2. The van der Waals surface area contributed by atoms with Gasteiger partial charge in [-0.2, -0.15) is 0 Å². The molecule has 0 radical (unpaired) electrons. The standard InChI is InChI=1S/C23H20N4O5S/c1-2-32-23(31)18-15-8-4-6-10-17(15)33-22(18)26-20(29)21(30)27-24-12-14-11-13-7-3-5-9-16(13)25-19(14)28/h3,5,7,9,11H,2,4,6,8,10H2,1H3,(H,26,29)(H,27,30). The fourth-order valence-corrected chi connectivity index (χ4v) is 4.87. The number of benzene rings is 1. The first kappa shape index (κ1) is 22.3. The number of anilines is 1. The monoisotopic (exact) mass is 464 g/mol. The van der Waals surface area contributed by atoms with E-state index in [1.54, 1.807) is 37.3 Å². The number of nitrogens with one attached hydrogen (secondary N) is 2. The minimum atomic E-state index is -1.06. The Labute approximate surface area is 192 Å². The minimum Gasteiger partial charge on any atom is -0.462 e. The average molecular weight is 465 g/mol. The van der Waals surface area contributed by atoms with E-state index < -0.39 is 23.7 Å². The number of hydrogen-bond donors (Lipinski definition) is 2. The van der Waals surface area contributed by atoms with Crippen LogP contribution in [0.5, 0.6) is 0 Å². The van der Waals surface area contributed by atoms with Gasteiger partial charge in [-0.25, -0.2) is 15.2 Å². The molecule has 0 saturated carbocycles. The topological polar surface area (TPSA) is 126 Å². The van der Waals surface area contributed by atoms with Crippen LogP contribution in [-0.4, -0.2) is 36.2 Å². The second kappa shape index (κ2) is 9.72. The van der Waals surface area contributed by atoms with Gasteiger partial charge >= 0.3 is 17.8 Å². The van der Waals surface area contributed by atoms with Crippen LogP contribution >= 0.6 is 11.3 Å². The van der Waals surface area contributed by atoms with E-state index in [4.69, 9.17) is 4.74 Å². The SMILES string of the molecule is CCOC(=O)c1c(NC(=O)C(=O)NN=C=C2C=c3ccccc3=NC2=O)sc2c1CCCC2. The first-order chi connectivity index (χ1) is 16.0. The maximum absolute atomic E-state index is 12.5. The number of hydrogen-bond acceptors (Lipinski definition) is 7. The summed E-state index contributed by atoms with van der Waals surface area (Å²) >= 11 is 1.28. The molecule has 1 aromatic heterocycles. The highest BCUT2D eigenvalue weighted by Gasteiger charge is 2.28. The Morgan fingerprint density at radius 1 is 1.18 bits per heavy atom. The highest BCUT2D eigenvalue weighted by atomic mass is 32.1. The molecule has 33 heavy (non-hydrogen) atoms. The predicted molar refractivity (Wildman–Crippen MR) is 121 cm³/mol. The fraction of sp³-hybridized carbons (Fsp3) is 0.261. The third-order valence-electron chi connectivity index (χ3n) is 5.11. The number of rotatable bonds is 4. The lowest BCUT2D eigenvalue weighted by Crippen LogP contribution is -2.32. The molecular formula is C23H20N4O5S. The molecule has 1 aromatic carbocycles. The lowest BCUT2D eigenvalue weighted by Gasteiger charge is -2.12. The van der Waals surface area contributed by atoms with Crippen molar-refractivity contribution in [1.29, 1.82) is 0 Å². The molecule has 10 heteroatoms. The molecule has 4 rings (SSSR count). The largest absolute Gasteiger partial charge is 0.462 e. The smallest absolute Gasteiger partial charge is 0.341 e. The van der Waals surface area contributed by atoms with Gasteiger partial charge in [-0.3, -0.25) is 14.4 Å². The molecule has 0 fully saturated rings. The van der Waals surface area contributed by atoms with Crippen molar-refractivity contribution in [2.45, 2.75) is 32.6 Å². The van der Waals surface area contributed by atoms with Crippen LogP contribution in [0.2, 0.25) is 0 Å². The molecule has 1 aliphatic heterocycles. The summed E-state index contributed by atoms with van der Waals surface area (Å²) in [5, 5.41) is 7.62. The number of amides is 3. The molecular weight excluding hydrogens is 444 g/mol. The highest BCUT2D eigenvalue weighted by molar-refractivity contribution is 7.17. The summed E-state index contributed by atoms with van der Waals surface area (Å²) in [5.74, 6) is -0.733. The van der Waals surface area contributed by atoms with Gasteiger partial charge in [0.2, 0.25) is 0 Å². The van der Waals surface area contributed by atoms with Crippen molar-refractivity contribution in [2.75, 3.05) is 11.9 Å². The summed E-state index contributed by atoms with van der Waals surface area (Å²) < 4.78 is 5.14. The van der Waals surface area contributed by atoms with Crippen molar-refractivity contribution in [3.8, 4) is 0 Å². The molecule has 0 bridgehead atoms. The molecule has 9 nitrogen and oxygen atoms in total. The van der Waals surface area contributed by atoms with Crippen molar-refractivity contribution in [2.24, 2.45) is 10.1 Å². The van der Waals surface area contributed by atoms with Crippen LogP contribution in [0.1, 0.15) is 40.6 Å². The van der Waals surface area contributed by atoms with Crippen LogP contribution < -0.4 is 21.3 Å². The van der Waals surface area contributed by atoms with E-state index in [-0.39, 0.29) is 17.2 Å². The van der Waals surface area contributed by atoms with Crippen LogP contribution in [0.3, 0.4) is 0 Å². The zero-order chi connectivity index (χ0) is 23.4. The molecule has 1 aliphatic carbocycles. The molecule has 0 atom stereocenters. The maximum atomic E-state index is 12.5. The van der Waals surface area contributed by atoms with E-state index in [1.165, 1.54) is 11.3 Å². The van der Waals surface area contributed by atoms with Crippen LogP contribution in [0.4, 0.5) is 5.00 Å². The van der Waals surface area contributed by atoms with Gasteiger partial charge in [0.15, 0.2) is 0 Å². The summed E-state index contributed by atoms with van der Waals surface area (Å²) in [6, 6.07) is 7.05. The van der Waals surface area contributed by atoms with Crippen molar-refractivity contribution >= 4 is 52.0 Å². The average Bonchev–Trinajstić information content (AvgIpc) is 3.17. The fourth-order valence-electron chi connectivity index (χ4n) is 3.60. The zero-order valence-electron chi connectivity index (χ0n) is 17.8. The van der Waals surface area contributed by atoms with E-state index >= 15 is 0 Å². The summed E-state index contributed by atoms with van der Waals surface area (Å²) in [6.07, 6.45) is 5.02. The van der Waals surface area contributed by atoms with Crippen LogP contribution in [-0.2, 0) is 32.0 Å². The summed E-state index contributed by atoms with van der Waals surface area (Å²) in [5.41, 5.74) is 3.28. The van der Waals surface area contributed by atoms with Crippen molar-refractivity contribution < 1.29 is 23.9 Å². The Kier molecular flexibility index (Phi) is 6.58. The second-order valence-electron chi connectivity index (χ2n) is 7.29. The normalized spacial score (nSPS) is 14.0. The Balaban J connectivity index is 1.50. The third-order valence-corrected chi connectivity index (χ3v) is 6.31. The Bertz CT molecular complexity index is 1350. The maximum Gasteiger partial charge on any atom is 0.341 e.